The van der Waals surface area contributed by atoms with Crippen molar-refractivity contribution in [2.75, 3.05) is 17.4 Å². The van der Waals surface area contributed by atoms with Gasteiger partial charge in [0.05, 0.1) is 23.1 Å². The van der Waals surface area contributed by atoms with Gasteiger partial charge in [0, 0.05) is 30.9 Å². The van der Waals surface area contributed by atoms with Gasteiger partial charge in [-0.15, -0.1) is 0 Å². The quantitative estimate of drug-likeness (QED) is 0.466. The molecule has 0 aliphatic rings. The van der Waals surface area contributed by atoms with Gasteiger partial charge in [-0.2, -0.15) is 5.26 Å². The first-order chi connectivity index (χ1) is 8.49. The lowest BCUT2D eigenvalue weighted by molar-refractivity contribution is -0.384. The molecule has 0 bridgehead atoms. The van der Waals surface area contributed by atoms with Gasteiger partial charge in [0.25, 0.3) is 5.69 Å². The Labute approximate surface area is 105 Å². The van der Waals surface area contributed by atoms with Crippen molar-refractivity contribution in [3.8, 4) is 6.07 Å². The number of benzene rings is 1. The Balaban J connectivity index is 3.11. The molecule has 0 spiro atoms. The zero-order valence-electron chi connectivity index (χ0n) is 10.3. The highest BCUT2D eigenvalue weighted by atomic mass is 16.6. The van der Waals surface area contributed by atoms with Gasteiger partial charge in [-0.05, 0) is 13.0 Å². The molecule has 0 heterocycles. The van der Waals surface area contributed by atoms with E-state index in [4.69, 9.17) is 11.1 Å². The number of anilines is 2. The number of nitrogen functional groups attached to an aromatic ring is 1. The molecule has 0 saturated carbocycles. The molecule has 1 unspecified atom stereocenters. The largest absolute Gasteiger partial charge is 0.371 e. The van der Waals surface area contributed by atoms with Crippen LogP contribution in [0, 0.1) is 21.4 Å². The van der Waals surface area contributed by atoms with Gasteiger partial charge in [-0.25, -0.2) is 0 Å². The molecule has 0 amide bonds. The van der Waals surface area contributed by atoms with E-state index < -0.39 is 4.92 Å². The Morgan fingerprint density at radius 3 is 2.78 bits per heavy atom. The van der Waals surface area contributed by atoms with Crippen molar-refractivity contribution in [3.63, 3.8) is 0 Å². The van der Waals surface area contributed by atoms with Crippen molar-refractivity contribution in [1.82, 2.24) is 0 Å². The summed E-state index contributed by atoms with van der Waals surface area (Å²) in [5.41, 5.74) is 3.44. The second kappa shape index (κ2) is 5.84. The number of nitro groups is 1. The van der Waals surface area contributed by atoms with Gasteiger partial charge in [-0.1, -0.05) is 0 Å². The summed E-state index contributed by atoms with van der Waals surface area (Å²) in [5.74, 6) is 5.28. The average Bonchev–Trinajstić information content (AvgIpc) is 2.37. The normalized spacial score (nSPS) is 11.4. The molecular formula is C11H15N5O2. The minimum Gasteiger partial charge on any atom is -0.371 e. The van der Waals surface area contributed by atoms with E-state index in [1.54, 1.807) is 18.0 Å². The van der Waals surface area contributed by atoms with E-state index in [0.29, 0.717) is 17.8 Å². The molecule has 7 heteroatoms. The maximum absolute atomic E-state index is 10.8. The predicted octanol–water partition coefficient (Wildman–Crippen LogP) is 1.62. The molecule has 96 valence electrons. The van der Waals surface area contributed by atoms with Crippen LogP contribution < -0.4 is 16.2 Å². The van der Waals surface area contributed by atoms with Crippen LogP contribution in [0.2, 0.25) is 0 Å². The van der Waals surface area contributed by atoms with E-state index >= 15 is 0 Å². The zero-order chi connectivity index (χ0) is 13.7. The molecule has 0 aliphatic carbocycles. The van der Waals surface area contributed by atoms with Crippen molar-refractivity contribution in [1.29, 1.82) is 5.26 Å². The first-order valence-electron chi connectivity index (χ1n) is 5.35. The highest BCUT2D eigenvalue weighted by molar-refractivity contribution is 5.64. The monoisotopic (exact) mass is 249 g/mol. The zero-order valence-corrected chi connectivity index (χ0v) is 10.3. The van der Waals surface area contributed by atoms with Gasteiger partial charge >= 0.3 is 0 Å². The van der Waals surface area contributed by atoms with Crippen LogP contribution in [0.1, 0.15) is 13.3 Å². The SMILES string of the molecule is CC(CC#N)N(C)c1cc(NN)cc([N+](=O)[O-])c1. The molecule has 1 atom stereocenters. The van der Waals surface area contributed by atoms with Crippen LogP contribution in [-0.4, -0.2) is 18.0 Å². The number of hydrogen-bond donors (Lipinski definition) is 2. The third-order valence-electron chi connectivity index (χ3n) is 2.74. The highest BCUT2D eigenvalue weighted by Gasteiger charge is 2.15. The molecule has 0 aromatic heterocycles. The molecule has 1 rings (SSSR count). The third kappa shape index (κ3) is 3.09. The molecule has 18 heavy (non-hydrogen) atoms. The number of non-ortho nitro benzene ring substituents is 1. The molecule has 1 aromatic rings. The standard InChI is InChI=1S/C11H15N5O2/c1-8(3-4-12)15(2)10-5-9(14-13)6-11(7-10)16(17)18/h5-8,14H,3,13H2,1-2H3. The van der Waals surface area contributed by atoms with Crippen LogP contribution in [0.15, 0.2) is 18.2 Å². The van der Waals surface area contributed by atoms with E-state index in [1.807, 2.05) is 6.92 Å². The predicted molar refractivity (Wildman–Crippen MR) is 69.0 cm³/mol. The topological polar surface area (TPSA) is 108 Å². The number of nitrogens with one attached hydrogen (secondary N) is 1. The number of nitro benzene ring substituents is 1. The molecule has 0 aliphatic heterocycles. The first kappa shape index (κ1) is 13.7. The van der Waals surface area contributed by atoms with Crippen LogP contribution in [0.5, 0.6) is 0 Å². The van der Waals surface area contributed by atoms with Crippen LogP contribution in [0.3, 0.4) is 0 Å². The van der Waals surface area contributed by atoms with Gasteiger partial charge < -0.3 is 10.3 Å². The molecule has 1 aromatic carbocycles. The van der Waals surface area contributed by atoms with E-state index in [9.17, 15) is 10.1 Å². The molecule has 3 N–H and O–H groups in total. The number of rotatable bonds is 5. The lowest BCUT2D eigenvalue weighted by Gasteiger charge is -2.25. The fourth-order valence-corrected chi connectivity index (χ4v) is 1.51. The number of nitrogens with two attached hydrogens (primary N) is 1. The van der Waals surface area contributed by atoms with Gasteiger partial charge in [0.15, 0.2) is 0 Å². The summed E-state index contributed by atoms with van der Waals surface area (Å²) in [5, 5.41) is 19.5. The number of hydrazine groups is 1. The minimum absolute atomic E-state index is 0.0392. The molecule has 0 saturated heterocycles. The van der Waals surface area contributed by atoms with Crippen LogP contribution >= 0.6 is 0 Å². The average molecular weight is 249 g/mol. The maximum atomic E-state index is 10.8. The second-order valence-corrected chi connectivity index (χ2v) is 3.96. The number of hydrogen-bond acceptors (Lipinski definition) is 6. The van der Waals surface area contributed by atoms with E-state index in [-0.39, 0.29) is 11.7 Å². The van der Waals surface area contributed by atoms with Crippen molar-refractivity contribution >= 4 is 17.1 Å². The molecule has 0 radical (unpaired) electrons. The lowest BCUT2D eigenvalue weighted by Crippen LogP contribution is -2.28. The lowest BCUT2D eigenvalue weighted by atomic mass is 10.1. The fourth-order valence-electron chi connectivity index (χ4n) is 1.51. The molecule has 7 nitrogen and oxygen atoms in total. The Bertz CT molecular complexity index is 483. The fraction of sp³-hybridized carbons (Fsp3) is 0.364. The smallest absolute Gasteiger partial charge is 0.273 e. The van der Waals surface area contributed by atoms with Gasteiger partial charge in [0.2, 0.25) is 0 Å². The summed E-state index contributed by atoms with van der Waals surface area (Å²) in [6, 6.07) is 6.53. The van der Waals surface area contributed by atoms with Crippen LogP contribution in [0.4, 0.5) is 17.1 Å². The second-order valence-electron chi connectivity index (χ2n) is 3.96. The van der Waals surface area contributed by atoms with E-state index in [2.05, 4.69) is 11.5 Å². The Morgan fingerprint density at radius 2 is 2.28 bits per heavy atom. The van der Waals surface area contributed by atoms with E-state index in [1.165, 1.54) is 12.1 Å². The number of nitrogens with zero attached hydrogens (tertiary/aromatic N) is 3. The summed E-state index contributed by atoms with van der Waals surface area (Å²) in [6.07, 6.45) is 0.338. The van der Waals surface area contributed by atoms with Crippen LogP contribution in [0.25, 0.3) is 0 Å². The van der Waals surface area contributed by atoms with Crippen molar-refractivity contribution in [2.45, 2.75) is 19.4 Å². The third-order valence-corrected chi connectivity index (χ3v) is 2.74. The van der Waals surface area contributed by atoms with Crippen molar-refractivity contribution < 1.29 is 4.92 Å². The summed E-state index contributed by atoms with van der Waals surface area (Å²) in [4.78, 5) is 12.1. The van der Waals surface area contributed by atoms with Crippen molar-refractivity contribution in [3.05, 3.63) is 28.3 Å². The Morgan fingerprint density at radius 1 is 1.61 bits per heavy atom. The summed E-state index contributed by atoms with van der Waals surface area (Å²) < 4.78 is 0. The summed E-state index contributed by atoms with van der Waals surface area (Å²) in [6.45, 7) is 1.87. The van der Waals surface area contributed by atoms with Gasteiger partial charge in [0.1, 0.15) is 0 Å². The Kier molecular flexibility index (Phi) is 4.45. The molecule has 0 fully saturated rings. The Hall–Kier alpha value is -2.33. The first-order valence-corrected chi connectivity index (χ1v) is 5.35. The molecular weight excluding hydrogens is 234 g/mol. The summed E-state index contributed by atoms with van der Waals surface area (Å²) in [7, 11) is 1.78. The van der Waals surface area contributed by atoms with E-state index in [0.717, 1.165) is 0 Å². The maximum Gasteiger partial charge on any atom is 0.273 e. The van der Waals surface area contributed by atoms with Crippen molar-refractivity contribution in [2.24, 2.45) is 5.84 Å². The van der Waals surface area contributed by atoms with Gasteiger partial charge in [-0.3, -0.25) is 16.0 Å². The summed E-state index contributed by atoms with van der Waals surface area (Å²) >= 11 is 0. The van der Waals surface area contributed by atoms with Crippen LogP contribution in [-0.2, 0) is 0 Å². The number of nitriles is 1. The highest BCUT2D eigenvalue weighted by Crippen LogP contribution is 2.27. The minimum atomic E-state index is -0.479.